The number of hydrogen-bond acceptors (Lipinski definition) is 7. The summed E-state index contributed by atoms with van der Waals surface area (Å²) >= 11 is 0. The summed E-state index contributed by atoms with van der Waals surface area (Å²) in [6, 6.07) is 10.9. The average molecular weight is 564 g/mol. The summed E-state index contributed by atoms with van der Waals surface area (Å²) in [5.41, 5.74) is 5.28. The fraction of sp³-hybridized carbons (Fsp3) is 0.545. The molecule has 0 aliphatic carbocycles. The monoisotopic (exact) mass is 563 g/mol. The number of nitrogens with zero attached hydrogens (tertiary/aromatic N) is 2. The molecular formula is C33H45N3O5. The molecule has 2 atom stereocenters. The Labute approximate surface area is 243 Å². The summed E-state index contributed by atoms with van der Waals surface area (Å²) in [5, 5.41) is 1.86. The lowest BCUT2D eigenvalue weighted by Gasteiger charge is -2.39. The number of ether oxygens (including phenoxy) is 1. The predicted octanol–water partition coefficient (Wildman–Crippen LogP) is 5.80. The molecule has 1 aliphatic rings. The molecule has 4 rings (SSSR count). The average Bonchev–Trinajstić information content (AvgIpc) is 3.24. The van der Waals surface area contributed by atoms with Crippen molar-refractivity contribution in [2.75, 3.05) is 26.3 Å². The van der Waals surface area contributed by atoms with Crippen molar-refractivity contribution >= 4 is 39.3 Å². The number of ketones is 2. The summed E-state index contributed by atoms with van der Waals surface area (Å²) < 4.78 is 7.71. The molecule has 222 valence electrons. The number of fused-ring (bicyclic) bond motifs is 3. The Hall–Kier alpha value is -3.07. The number of morpholine rings is 1. The number of rotatable bonds is 10. The Bertz CT molecular complexity index is 1440. The number of hydroxylamine groups is 1. The van der Waals surface area contributed by atoms with Gasteiger partial charge in [0.05, 0.1) is 18.8 Å². The zero-order chi connectivity index (χ0) is 30.1. The van der Waals surface area contributed by atoms with Crippen LogP contribution in [0.3, 0.4) is 0 Å². The Morgan fingerprint density at radius 2 is 1.51 bits per heavy atom. The fourth-order valence-electron chi connectivity index (χ4n) is 6.20. The number of carbonyl (C=O) groups is 3. The van der Waals surface area contributed by atoms with Crippen LogP contribution in [0.1, 0.15) is 82.5 Å². The van der Waals surface area contributed by atoms with E-state index in [-0.39, 0.29) is 22.9 Å². The van der Waals surface area contributed by atoms with Crippen LogP contribution in [0.15, 0.2) is 36.4 Å². The minimum atomic E-state index is -0.693. The Balaban J connectivity index is 1.76. The first kappa shape index (κ1) is 30.9. The third-order valence-electron chi connectivity index (χ3n) is 8.20. The molecule has 2 aromatic carbocycles. The summed E-state index contributed by atoms with van der Waals surface area (Å²) in [4.78, 5) is 46.6. The van der Waals surface area contributed by atoms with Crippen LogP contribution in [0.4, 0.5) is 0 Å². The molecule has 1 aromatic heterocycles. The van der Waals surface area contributed by atoms with E-state index in [0.29, 0.717) is 24.3 Å². The zero-order valence-electron chi connectivity index (χ0n) is 25.8. The maximum Gasteiger partial charge on any atom is 0.321 e. The highest BCUT2D eigenvalue weighted by Crippen LogP contribution is 2.33. The molecule has 2 heterocycles. The normalized spacial score (nSPS) is 16.6. The quantitative estimate of drug-likeness (QED) is 0.246. The number of carbonyl (C=O) groups excluding carboxylic acids is 3. The molecule has 3 aromatic rings. The highest BCUT2D eigenvalue weighted by atomic mass is 16.7. The van der Waals surface area contributed by atoms with E-state index in [0.717, 1.165) is 47.9 Å². The van der Waals surface area contributed by atoms with Crippen molar-refractivity contribution in [2.24, 2.45) is 11.3 Å². The van der Waals surface area contributed by atoms with Gasteiger partial charge in [-0.25, -0.2) is 0 Å². The maximum atomic E-state index is 13.9. The van der Waals surface area contributed by atoms with E-state index in [1.54, 1.807) is 0 Å². The van der Waals surface area contributed by atoms with E-state index in [1.807, 2.05) is 57.2 Å². The van der Waals surface area contributed by atoms with Gasteiger partial charge in [0.2, 0.25) is 0 Å². The molecule has 8 heteroatoms. The van der Waals surface area contributed by atoms with Gasteiger partial charge in [-0.1, -0.05) is 27.7 Å². The highest BCUT2D eigenvalue weighted by molar-refractivity contribution is 6.14. The van der Waals surface area contributed by atoms with Gasteiger partial charge >= 0.3 is 5.97 Å². The van der Waals surface area contributed by atoms with Crippen molar-refractivity contribution in [1.82, 2.24) is 14.9 Å². The van der Waals surface area contributed by atoms with E-state index in [4.69, 9.17) is 9.57 Å². The van der Waals surface area contributed by atoms with Crippen molar-refractivity contribution in [3.05, 3.63) is 47.5 Å². The number of benzene rings is 2. The van der Waals surface area contributed by atoms with Crippen LogP contribution < -0.4 is 5.48 Å². The third-order valence-corrected chi connectivity index (χ3v) is 8.20. The summed E-state index contributed by atoms with van der Waals surface area (Å²) in [7, 11) is 0. The minimum absolute atomic E-state index is 0.00765. The lowest BCUT2D eigenvalue weighted by atomic mass is 9.80. The maximum absolute atomic E-state index is 13.9. The molecular weight excluding hydrogens is 518 g/mol. The predicted molar refractivity (Wildman–Crippen MR) is 162 cm³/mol. The van der Waals surface area contributed by atoms with Gasteiger partial charge in [0.25, 0.3) is 0 Å². The smallest absolute Gasteiger partial charge is 0.321 e. The molecule has 0 spiro atoms. The van der Waals surface area contributed by atoms with Crippen molar-refractivity contribution in [2.45, 2.75) is 79.9 Å². The lowest BCUT2D eigenvalue weighted by molar-refractivity contribution is -0.150. The van der Waals surface area contributed by atoms with Crippen molar-refractivity contribution in [1.29, 1.82) is 0 Å². The highest BCUT2D eigenvalue weighted by Gasteiger charge is 2.36. The topological polar surface area (TPSA) is 89.9 Å². The third kappa shape index (κ3) is 6.55. The largest absolute Gasteiger partial charge is 0.379 e. The Kier molecular flexibility index (Phi) is 9.07. The molecule has 41 heavy (non-hydrogen) atoms. The van der Waals surface area contributed by atoms with Crippen molar-refractivity contribution in [3.8, 4) is 0 Å². The van der Waals surface area contributed by atoms with Gasteiger partial charge in [0.15, 0.2) is 11.6 Å². The fourth-order valence-corrected chi connectivity index (χ4v) is 6.20. The number of Topliss-reactive ketones (excluding diaryl/α,β-unsaturated/α-hetero) is 2. The van der Waals surface area contributed by atoms with Crippen molar-refractivity contribution in [3.63, 3.8) is 0 Å². The molecule has 1 saturated heterocycles. The second-order valence-electron chi connectivity index (χ2n) is 13.0. The molecule has 2 unspecified atom stereocenters. The van der Waals surface area contributed by atoms with Crippen LogP contribution in [-0.2, 0) is 20.9 Å². The zero-order valence-corrected chi connectivity index (χ0v) is 25.8. The molecule has 0 radical (unpaired) electrons. The van der Waals surface area contributed by atoms with Gasteiger partial charge in [0, 0.05) is 59.5 Å². The molecule has 1 aliphatic heterocycles. The summed E-state index contributed by atoms with van der Waals surface area (Å²) in [6.45, 7) is 19.2. The van der Waals surface area contributed by atoms with Crippen LogP contribution in [-0.4, -0.2) is 64.9 Å². The minimum Gasteiger partial charge on any atom is -0.379 e. The van der Waals surface area contributed by atoms with E-state index < -0.39 is 17.6 Å². The van der Waals surface area contributed by atoms with Gasteiger partial charge in [-0.15, -0.1) is 5.48 Å². The van der Waals surface area contributed by atoms with E-state index >= 15 is 0 Å². The number of hydrogen-bond donors (Lipinski definition) is 1. The molecule has 0 amide bonds. The van der Waals surface area contributed by atoms with Gasteiger partial charge in [0.1, 0.15) is 6.04 Å². The molecule has 8 nitrogen and oxygen atoms in total. The first-order valence-electron chi connectivity index (χ1n) is 14.7. The van der Waals surface area contributed by atoms with E-state index in [9.17, 15) is 14.4 Å². The van der Waals surface area contributed by atoms with Crippen LogP contribution >= 0.6 is 0 Å². The number of nitrogens with one attached hydrogen (secondary N) is 1. The molecule has 1 N–H and O–H groups in total. The first-order valence-corrected chi connectivity index (χ1v) is 14.7. The Morgan fingerprint density at radius 3 is 2.05 bits per heavy atom. The second-order valence-corrected chi connectivity index (χ2v) is 13.0. The van der Waals surface area contributed by atoms with Crippen LogP contribution in [0.2, 0.25) is 0 Å². The summed E-state index contributed by atoms with van der Waals surface area (Å²) in [6.07, 6.45) is 0.763. The first-order chi connectivity index (χ1) is 19.2. The van der Waals surface area contributed by atoms with Gasteiger partial charge < -0.3 is 14.1 Å². The standard InChI is InChI=1S/C33H45N3O5/c1-9-36-27-12-10-23(30(38)29(34-41-22(3)37)21(2)20-32(4,5)6)18-25(27)26-19-24(11-13-28(26)36)31(39)33(7,8)35-14-16-40-17-15-35/h10-13,18-19,21,29,34H,9,14-17,20H2,1-8H3. The van der Waals surface area contributed by atoms with Gasteiger partial charge in [-0.2, -0.15) is 0 Å². The van der Waals surface area contributed by atoms with Crippen LogP contribution in [0.25, 0.3) is 21.8 Å². The Morgan fingerprint density at radius 1 is 0.951 bits per heavy atom. The molecule has 0 saturated carbocycles. The van der Waals surface area contributed by atoms with Crippen LogP contribution in [0.5, 0.6) is 0 Å². The molecule has 1 fully saturated rings. The number of aryl methyl sites for hydroxylation is 1. The van der Waals surface area contributed by atoms with Gasteiger partial charge in [-0.05, 0) is 74.9 Å². The van der Waals surface area contributed by atoms with E-state index in [1.165, 1.54) is 6.92 Å². The SMILES string of the molecule is CCn1c2ccc(C(=O)C(NOC(C)=O)C(C)CC(C)(C)C)cc2c2cc(C(=O)C(C)(C)N3CCOCC3)ccc21. The second kappa shape index (κ2) is 12.0. The number of aromatic nitrogens is 1. The lowest BCUT2D eigenvalue weighted by Crippen LogP contribution is -2.54. The van der Waals surface area contributed by atoms with Crippen molar-refractivity contribution < 1.29 is 24.0 Å². The van der Waals surface area contributed by atoms with E-state index in [2.05, 4.69) is 42.6 Å². The van der Waals surface area contributed by atoms with Crippen LogP contribution in [0, 0.1) is 11.3 Å². The molecule has 0 bridgehead atoms. The summed E-state index contributed by atoms with van der Waals surface area (Å²) in [5.74, 6) is -0.652. The van der Waals surface area contributed by atoms with Gasteiger partial charge in [-0.3, -0.25) is 19.3 Å².